The Bertz CT molecular complexity index is 388. The fourth-order valence-corrected chi connectivity index (χ4v) is 2.76. The van der Waals surface area contributed by atoms with Gasteiger partial charge in [-0.3, -0.25) is 4.90 Å². The maximum atomic E-state index is 3.69. The molecular formula is C16H26N2. The first kappa shape index (κ1) is 13.6. The molecule has 0 amide bonds. The number of benzene rings is 1. The van der Waals surface area contributed by atoms with E-state index in [-0.39, 0.29) is 5.54 Å². The SMILES string of the molecule is CCC1(C)CN(Cc2cccc(C)c2)CCCN1. The Hall–Kier alpha value is -0.860. The minimum atomic E-state index is 0.278. The first-order valence-electron chi connectivity index (χ1n) is 7.14. The van der Waals surface area contributed by atoms with Gasteiger partial charge in [-0.05, 0) is 45.3 Å². The molecule has 2 heteroatoms. The summed E-state index contributed by atoms with van der Waals surface area (Å²) in [6.07, 6.45) is 2.44. The van der Waals surface area contributed by atoms with Crippen LogP contribution in [0.15, 0.2) is 24.3 Å². The topological polar surface area (TPSA) is 15.3 Å². The van der Waals surface area contributed by atoms with Crippen LogP contribution in [0.2, 0.25) is 0 Å². The molecule has 1 heterocycles. The average Bonchev–Trinajstić information content (AvgIpc) is 2.52. The number of hydrogen-bond acceptors (Lipinski definition) is 2. The molecule has 0 aliphatic carbocycles. The van der Waals surface area contributed by atoms with Crippen LogP contribution in [0, 0.1) is 6.92 Å². The van der Waals surface area contributed by atoms with E-state index < -0.39 is 0 Å². The normalized spacial score (nSPS) is 25.9. The smallest absolute Gasteiger partial charge is 0.0277 e. The Balaban J connectivity index is 2.03. The predicted molar refractivity (Wildman–Crippen MR) is 77.8 cm³/mol. The fourth-order valence-electron chi connectivity index (χ4n) is 2.76. The molecule has 1 saturated heterocycles. The number of nitrogens with one attached hydrogen (secondary N) is 1. The van der Waals surface area contributed by atoms with Crippen molar-refractivity contribution in [1.82, 2.24) is 10.2 Å². The highest BCUT2D eigenvalue weighted by molar-refractivity contribution is 5.22. The van der Waals surface area contributed by atoms with Gasteiger partial charge in [-0.1, -0.05) is 36.8 Å². The summed E-state index contributed by atoms with van der Waals surface area (Å²) in [6.45, 7) is 11.4. The zero-order valence-corrected chi connectivity index (χ0v) is 12.0. The van der Waals surface area contributed by atoms with Gasteiger partial charge in [-0.2, -0.15) is 0 Å². The van der Waals surface area contributed by atoms with Crippen LogP contribution < -0.4 is 5.32 Å². The lowest BCUT2D eigenvalue weighted by Crippen LogP contribution is -2.48. The molecule has 1 aromatic rings. The molecule has 1 N–H and O–H groups in total. The molecule has 0 aromatic heterocycles. The average molecular weight is 246 g/mol. The number of rotatable bonds is 3. The molecule has 0 saturated carbocycles. The Morgan fingerprint density at radius 3 is 2.94 bits per heavy atom. The summed E-state index contributed by atoms with van der Waals surface area (Å²) in [5, 5.41) is 3.69. The summed E-state index contributed by atoms with van der Waals surface area (Å²) in [7, 11) is 0. The van der Waals surface area contributed by atoms with Gasteiger partial charge in [0.15, 0.2) is 0 Å². The summed E-state index contributed by atoms with van der Waals surface area (Å²) < 4.78 is 0. The van der Waals surface area contributed by atoms with Crippen molar-refractivity contribution in [2.45, 2.75) is 45.7 Å². The van der Waals surface area contributed by atoms with Crippen LogP contribution in [0.1, 0.15) is 37.8 Å². The molecule has 0 radical (unpaired) electrons. The molecule has 2 rings (SSSR count). The van der Waals surface area contributed by atoms with Crippen LogP contribution in [-0.4, -0.2) is 30.1 Å². The summed E-state index contributed by atoms with van der Waals surface area (Å²) in [4.78, 5) is 2.60. The fraction of sp³-hybridized carbons (Fsp3) is 0.625. The van der Waals surface area contributed by atoms with Crippen molar-refractivity contribution in [2.75, 3.05) is 19.6 Å². The lowest BCUT2D eigenvalue weighted by atomic mass is 9.98. The summed E-state index contributed by atoms with van der Waals surface area (Å²) in [6, 6.07) is 8.89. The van der Waals surface area contributed by atoms with Crippen LogP contribution in [-0.2, 0) is 6.54 Å². The van der Waals surface area contributed by atoms with Crippen LogP contribution in [0.3, 0.4) is 0 Å². The molecule has 2 nitrogen and oxygen atoms in total. The molecule has 1 aliphatic heterocycles. The van der Waals surface area contributed by atoms with E-state index in [0.29, 0.717) is 0 Å². The van der Waals surface area contributed by atoms with E-state index in [2.05, 4.69) is 55.3 Å². The largest absolute Gasteiger partial charge is 0.310 e. The summed E-state index contributed by atoms with van der Waals surface area (Å²) in [5.74, 6) is 0. The van der Waals surface area contributed by atoms with E-state index in [1.54, 1.807) is 0 Å². The molecule has 1 fully saturated rings. The van der Waals surface area contributed by atoms with Crippen molar-refractivity contribution in [3.63, 3.8) is 0 Å². The van der Waals surface area contributed by atoms with Crippen molar-refractivity contribution >= 4 is 0 Å². The minimum Gasteiger partial charge on any atom is -0.310 e. The van der Waals surface area contributed by atoms with E-state index >= 15 is 0 Å². The molecule has 100 valence electrons. The van der Waals surface area contributed by atoms with Crippen LogP contribution in [0.4, 0.5) is 0 Å². The van der Waals surface area contributed by atoms with Crippen LogP contribution in [0.25, 0.3) is 0 Å². The van der Waals surface area contributed by atoms with Gasteiger partial charge in [-0.25, -0.2) is 0 Å². The maximum absolute atomic E-state index is 3.69. The lowest BCUT2D eigenvalue weighted by molar-refractivity contribution is 0.208. The first-order chi connectivity index (χ1) is 8.61. The molecule has 1 unspecified atom stereocenters. The van der Waals surface area contributed by atoms with Crippen molar-refractivity contribution in [3.8, 4) is 0 Å². The highest BCUT2D eigenvalue weighted by atomic mass is 15.2. The van der Waals surface area contributed by atoms with E-state index in [9.17, 15) is 0 Å². The van der Waals surface area contributed by atoms with Crippen molar-refractivity contribution in [2.24, 2.45) is 0 Å². The molecular weight excluding hydrogens is 220 g/mol. The Kier molecular flexibility index (Phi) is 4.41. The molecule has 18 heavy (non-hydrogen) atoms. The van der Waals surface area contributed by atoms with Crippen LogP contribution in [0.5, 0.6) is 0 Å². The molecule has 0 bridgehead atoms. The Morgan fingerprint density at radius 1 is 1.39 bits per heavy atom. The van der Waals surface area contributed by atoms with Gasteiger partial charge < -0.3 is 5.32 Å². The maximum Gasteiger partial charge on any atom is 0.0277 e. The monoisotopic (exact) mass is 246 g/mol. The zero-order chi connectivity index (χ0) is 13.0. The van der Waals surface area contributed by atoms with E-state index in [0.717, 1.165) is 19.6 Å². The van der Waals surface area contributed by atoms with Gasteiger partial charge in [-0.15, -0.1) is 0 Å². The third kappa shape index (κ3) is 3.56. The number of hydrogen-bond donors (Lipinski definition) is 1. The van der Waals surface area contributed by atoms with Gasteiger partial charge in [0.25, 0.3) is 0 Å². The second-order valence-corrected chi connectivity index (χ2v) is 5.89. The van der Waals surface area contributed by atoms with Crippen molar-refractivity contribution in [3.05, 3.63) is 35.4 Å². The summed E-state index contributed by atoms with van der Waals surface area (Å²) in [5.41, 5.74) is 3.08. The molecule has 1 aliphatic rings. The van der Waals surface area contributed by atoms with Gasteiger partial charge in [0.05, 0.1) is 0 Å². The van der Waals surface area contributed by atoms with Gasteiger partial charge in [0, 0.05) is 18.6 Å². The van der Waals surface area contributed by atoms with E-state index in [4.69, 9.17) is 0 Å². The highest BCUT2D eigenvalue weighted by Crippen LogP contribution is 2.17. The number of aryl methyl sites for hydroxylation is 1. The minimum absolute atomic E-state index is 0.278. The molecule has 1 aromatic carbocycles. The summed E-state index contributed by atoms with van der Waals surface area (Å²) >= 11 is 0. The third-order valence-corrected chi connectivity index (χ3v) is 4.04. The standard InChI is InChI=1S/C16H26N2/c1-4-16(3)13-18(10-6-9-17-16)12-15-8-5-7-14(2)11-15/h5,7-8,11,17H,4,6,9-10,12-13H2,1-3H3. The van der Waals surface area contributed by atoms with Gasteiger partial charge in [0.2, 0.25) is 0 Å². The molecule has 0 spiro atoms. The van der Waals surface area contributed by atoms with E-state index in [1.807, 2.05) is 0 Å². The second kappa shape index (κ2) is 5.85. The quantitative estimate of drug-likeness (QED) is 0.882. The van der Waals surface area contributed by atoms with Crippen molar-refractivity contribution < 1.29 is 0 Å². The Labute approximate surface area is 111 Å². The molecule has 1 atom stereocenters. The third-order valence-electron chi connectivity index (χ3n) is 4.04. The first-order valence-corrected chi connectivity index (χ1v) is 7.14. The Morgan fingerprint density at radius 2 is 2.22 bits per heavy atom. The highest BCUT2D eigenvalue weighted by Gasteiger charge is 2.26. The predicted octanol–water partition coefficient (Wildman–Crippen LogP) is 2.96. The number of nitrogens with zero attached hydrogens (tertiary/aromatic N) is 1. The van der Waals surface area contributed by atoms with E-state index in [1.165, 1.54) is 30.5 Å². The van der Waals surface area contributed by atoms with Gasteiger partial charge in [0.1, 0.15) is 0 Å². The lowest BCUT2D eigenvalue weighted by Gasteiger charge is -2.32. The van der Waals surface area contributed by atoms with Crippen LogP contribution >= 0.6 is 0 Å². The van der Waals surface area contributed by atoms with Crippen molar-refractivity contribution in [1.29, 1.82) is 0 Å². The van der Waals surface area contributed by atoms with Gasteiger partial charge >= 0.3 is 0 Å². The second-order valence-electron chi connectivity index (χ2n) is 5.89. The zero-order valence-electron chi connectivity index (χ0n) is 12.0.